The number of benzene rings is 2. The fourth-order valence-corrected chi connectivity index (χ4v) is 2.61. The van der Waals surface area contributed by atoms with E-state index < -0.39 is 0 Å². The summed E-state index contributed by atoms with van der Waals surface area (Å²) in [6.45, 7) is 2.80. The lowest BCUT2D eigenvalue weighted by Crippen LogP contribution is -2.28. The van der Waals surface area contributed by atoms with E-state index in [0.29, 0.717) is 30.2 Å². The number of amides is 2. The number of carbonyl (C=O) groups is 2. The number of ether oxygens (including phenoxy) is 2. The molecule has 0 spiro atoms. The zero-order valence-corrected chi connectivity index (χ0v) is 16.6. The van der Waals surface area contributed by atoms with Crippen LogP contribution in [0.4, 0.5) is 5.69 Å². The molecule has 2 amide bonds. The Hall–Kier alpha value is -3.87. The maximum absolute atomic E-state index is 12.1. The van der Waals surface area contributed by atoms with E-state index in [1.807, 2.05) is 19.1 Å². The van der Waals surface area contributed by atoms with Crippen LogP contribution in [-0.4, -0.2) is 30.0 Å². The third-order valence-corrected chi connectivity index (χ3v) is 4.13. The van der Waals surface area contributed by atoms with Gasteiger partial charge in [-0.1, -0.05) is 12.1 Å². The summed E-state index contributed by atoms with van der Waals surface area (Å²) < 4.78 is 10.8. The molecule has 1 aromatic heterocycles. The van der Waals surface area contributed by atoms with Gasteiger partial charge in [-0.3, -0.25) is 14.6 Å². The SMILES string of the molecule is CCOc1ccc(OCC(=O)NCc2ccc(NC(=O)c3cccnc3)cc2)cc1. The topological polar surface area (TPSA) is 89.5 Å². The first-order valence-corrected chi connectivity index (χ1v) is 9.56. The van der Waals surface area contributed by atoms with Gasteiger partial charge in [-0.15, -0.1) is 0 Å². The van der Waals surface area contributed by atoms with Gasteiger partial charge in [0.25, 0.3) is 11.8 Å². The molecule has 0 bridgehead atoms. The molecule has 0 saturated carbocycles. The maximum Gasteiger partial charge on any atom is 0.258 e. The lowest BCUT2D eigenvalue weighted by Gasteiger charge is -2.09. The summed E-state index contributed by atoms with van der Waals surface area (Å²) in [7, 11) is 0. The van der Waals surface area contributed by atoms with Gasteiger partial charge in [-0.2, -0.15) is 0 Å². The van der Waals surface area contributed by atoms with E-state index in [1.54, 1.807) is 54.7 Å². The van der Waals surface area contributed by atoms with E-state index in [1.165, 1.54) is 6.20 Å². The molecule has 7 heteroatoms. The minimum atomic E-state index is -0.226. The molecule has 0 unspecified atom stereocenters. The third kappa shape index (κ3) is 6.34. The summed E-state index contributed by atoms with van der Waals surface area (Å²) in [5, 5.41) is 5.61. The van der Waals surface area contributed by atoms with E-state index in [2.05, 4.69) is 15.6 Å². The predicted molar refractivity (Wildman–Crippen MR) is 114 cm³/mol. The molecule has 2 N–H and O–H groups in total. The van der Waals surface area contributed by atoms with Gasteiger partial charge >= 0.3 is 0 Å². The van der Waals surface area contributed by atoms with E-state index in [9.17, 15) is 9.59 Å². The molecule has 0 fully saturated rings. The van der Waals surface area contributed by atoms with Crippen molar-refractivity contribution < 1.29 is 19.1 Å². The van der Waals surface area contributed by atoms with Gasteiger partial charge in [0.2, 0.25) is 0 Å². The number of rotatable bonds is 9. The van der Waals surface area contributed by atoms with Crippen molar-refractivity contribution in [2.75, 3.05) is 18.5 Å². The Morgan fingerprint density at radius 2 is 1.63 bits per heavy atom. The molecule has 2 aromatic carbocycles. The number of nitrogens with zero attached hydrogens (tertiary/aromatic N) is 1. The number of nitrogens with one attached hydrogen (secondary N) is 2. The number of hydrogen-bond acceptors (Lipinski definition) is 5. The van der Waals surface area contributed by atoms with Crippen LogP contribution < -0.4 is 20.1 Å². The first-order chi connectivity index (χ1) is 14.6. The van der Waals surface area contributed by atoms with Crippen molar-refractivity contribution in [2.45, 2.75) is 13.5 Å². The van der Waals surface area contributed by atoms with Crippen LogP contribution in [-0.2, 0) is 11.3 Å². The zero-order chi connectivity index (χ0) is 21.2. The Morgan fingerprint density at radius 1 is 0.933 bits per heavy atom. The van der Waals surface area contributed by atoms with E-state index in [-0.39, 0.29) is 18.4 Å². The minimum absolute atomic E-state index is 0.0762. The average Bonchev–Trinajstić information content (AvgIpc) is 2.79. The monoisotopic (exact) mass is 405 g/mol. The van der Waals surface area contributed by atoms with Crippen molar-refractivity contribution in [1.82, 2.24) is 10.3 Å². The van der Waals surface area contributed by atoms with Crippen LogP contribution >= 0.6 is 0 Å². The highest BCUT2D eigenvalue weighted by Gasteiger charge is 2.07. The van der Waals surface area contributed by atoms with Gasteiger partial charge in [0, 0.05) is 24.6 Å². The van der Waals surface area contributed by atoms with E-state index in [4.69, 9.17) is 9.47 Å². The molecular formula is C23H23N3O4. The van der Waals surface area contributed by atoms with Gasteiger partial charge in [0.15, 0.2) is 6.61 Å². The number of carbonyl (C=O) groups excluding carboxylic acids is 2. The van der Waals surface area contributed by atoms with Gasteiger partial charge in [-0.05, 0) is 61.0 Å². The highest BCUT2D eigenvalue weighted by molar-refractivity contribution is 6.04. The molecule has 0 atom stereocenters. The second kappa shape index (κ2) is 10.6. The van der Waals surface area contributed by atoms with Crippen molar-refractivity contribution in [1.29, 1.82) is 0 Å². The first-order valence-electron chi connectivity index (χ1n) is 9.56. The normalized spacial score (nSPS) is 10.2. The van der Waals surface area contributed by atoms with Crippen LogP contribution in [0.15, 0.2) is 73.1 Å². The van der Waals surface area contributed by atoms with Gasteiger partial charge < -0.3 is 20.1 Å². The third-order valence-electron chi connectivity index (χ3n) is 4.13. The maximum atomic E-state index is 12.1. The van der Waals surface area contributed by atoms with Gasteiger partial charge in [0.05, 0.1) is 12.2 Å². The minimum Gasteiger partial charge on any atom is -0.494 e. The number of hydrogen-bond donors (Lipinski definition) is 2. The molecule has 154 valence electrons. The van der Waals surface area contributed by atoms with E-state index in [0.717, 1.165) is 11.3 Å². The summed E-state index contributed by atoms with van der Waals surface area (Å²) in [6.07, 6.45) is 3.12. The summed E-state index contributed by atoms with van der Waals surface area (Å²) in [4.78, 5) is 28.1. The fraction of sp³-hybridized carbons (Fsp3) is 0.174. The van der Waals surface area contributed by atoms with Crippen molar-refractivity contribution >= 4 is 17.5 Å². The molecule has 3 rings (SSSR count). The second-order valence-electron chi connectivity index (χ2n) is 6.36. The zero-order valence-electron chi connectivity index (χ0n) is 16.6. The van der Waals surface area contributed by atoms with Crippen LogP contribution in [0.2, 0.25) is 0 Å². The number of anilines is 1. The summed E-state index contributed by atoms with van der Waals surface area (Å²) >= 11 is 0. The lowest BCUT2D eigenvalue weighted by molar-refractivity contribution is -0.123. The quantitative estimate of drug-likeness (QED) is 0.569. The predicted octanol–water partition coefficient (Wildman–Crippen LogP) is 3.43. The summed E-state index contributed by atoms with van der Waals surface area (Å²) in [5.41, 5.74) is 2.06. The van der Waals surface area contributed by atoms with Crippen molar-refractivity contribution in [2.24, 2.45) is 0 Å². The Morgan fingerprint density at radius 3 is 2.27 bits per heavy atom. The molecule has 0 saturated heterocycles. The average molecular weight is 405 g/mol. The molecule has 0 aliphatic heterocycles. The largest absolute Gasteiger partial charge is 0.494 e. The molecule has 30 heavy (non-hydrogen) atoms. The van der Waals surface area contributed by atoms with Crippen LogP contribution in [0.1, 0.15) is 22.8 Å². The van der Waals surface area contributed by atoms with Crippen LogP contribution in [0, 0.1) is 0 Å². The summed E-state index contributed by atoms with van der Waals surface area (Å²) in [5.74, 6) is 0.908. The standard InChI is InChI=1S/C23H23N3O4/c1-2-29-20-9-11-21(12-10-20)30-16-22(27)25-14-17-5-7-19(8-6-17)26-23(28)18-4-3-13-24-15-18/h3-13,15H,2,14,16H2,1H3,(H,25,27)(H,26,28). The second-order valence-corrected chi connectivity index (χ2v) is 6.36. The van der Waals surface area contributed by atoms with Crippen molar-refractivity contribution in [3.63, 3.8) is 0 Å². The Kier molecular flexibility index (Phi) is 7.38. The molecule has 1 heterocycles. The van der Waals surface area contributed by atoms with Crippen LogP contribution in [0.5, 0.6) is 11.5 Å². The molecule has 0 aliphatic rings. The van der Waals surface area contributed by atoms with Crippen LogP contribution in [0.25, 0.3) is 0 Å². The number of pyridine rings is 1. The Bertz CT molecular complexity index is 958. The highest BCUT2D eigenvalue weighted by Crippen LogP contribution is 2.17. The Labute approximate surface area is 175 Å². The van der Waals surface area contributed by atoms with E-state index >= 15 is 0 Å². The molecule has 0 aliphatic carbocycles. The molecular weight excluding hydrogens is 382 g/mol. The molecule has 7 nitrogen and oxygen atoms in total. The van der Waals surface area contributed by atoms with Crippen molar-refractivity contribution in [3.8, 4) is 11.5 Å². The first kappa shape index (κ1) is 20.9. The van der Waals surface area contributed by atoms with Gasteiger partial charge in [-0.25, -0.2) is 0 Å². The summed E-state index contributed by atoms with van der Waals surface area (Å²) in [6, 6.07) is 17.8. The fourth-order valence-electron chi connectivity index (χ4n) is 2.61. The van der Waals surface area contributed by atoms with Crippen LogP contribution in [0.3, 0.4) is 0 Å². The smallest absolute Gasteiger partial charge is 0.258 e. The molecule has 3 aromatic rings. The highest BCUT2D eigenvalue weighted by atomic mass is 16.5. The lowest BCUT2D eigenvalue weighted by atomic mass is 10.2. The van der Waals surface area contributed by atoms with Gasteiger partial charge in [0.1, 0.15) is 11.5 Å². The number of aromatic nitrogens is 1. The Balaban J connectivity index is 1.42. The van der Waals surface area contributed by atoms with Crippen molar-refractivity contribution in [3.05, 3.63) is 84.2 Å². The molecule has 0 radical (unpaired) electrons.